The molecule has 1 aliphatic rings. The molecule has 138 valence electrons. The Morgan fingerprint density at radius 1 is 1.38 bits per heavy atom. The van der Waals surface area contributed by atoms with Gasteiger partial charge < -0.3 is 9.72 Å². The van der Waals surface area contributed by atoms with Gasteiger partial charge in [-0.1, -0.05) is 18.9 Å². The molecule has 1 aromatic heterocycles. The van der Waals surface area contributed by atoms with Crippen molar-refractivity contribution in [1.29, 1.82) is 0 Å². The van der Waals surface area contributed by atoms with E-state index in [-0.39, 0.29) is 5.69 Å². The Hall–Kier alpha value is -2.90. The Kier molecular flexibility index (Phi) is 5.20. The Labute approximate surface area is 148 Å². The first-order chi connectivity index (χ1) is 12.5. The number of H-pyrrole nitrogens is 1. The molecule has 0 radical (unpaired) electrons. The smallest absolute Gasteiger partial charge is 0.411 e. The monoisotopic (exact) mass is 361 g/mol. The van der Waals surface area contributed by atoms with Crippen molar-refractivity contribution in [2.75, 3.05) is 12.4 Å². The fourth-order valence-corrected chi connectivity index (χ4v) is 2.98. The molecule has 2 N–H and O–H groups in total. The van der Waals surface area contributed by atoms with Gasteiger partial charge in [0.25, 0.3) is 5.56 Å². The van der Waals surface area contributed by atoms with E-state index in [0.717, 1.165) is 23.8 Å². The van der Waals surface area contributed by atoms with Gasteiger partial charge in [-0.2, -0.15) is 0 Å². The van der Waals surface area contributed by atoms with E-state index in [0.29, 0.717) is 17.9 Å². The average Bonchev–Trinajstić information content (AvgIpc) is 3.44. The van der Waals surface area contributed by atoms with Crippen LogP contribution in [0.2, 0.25) is 0 Å². The van der Waals surface area contributed by atoms with E-state index in [1.165, 1.54) is 37.6 Å². The van der Waals surface area contributed by atoms with Gasteiger partial charge in [-0.05, 0) is 36.5 Å². The van der Waals surface area contributed by atoms with E-state index < -0.39 is 29.2 Å². The Morgan fingerprint density at radius 2 is 2.15 bits per heavy atom. The highest BCUT2D eigenvalue weighted by molar-refractivity contribution is 5.84. The number of aromatic nitrogens is 2. The number of aromatic amines is 1. The summed E-state index contributed by atoms with van der Waals surface area (Å²) in [6.07, 6.45) is 4.22. The largest absolute Gasteiger partial charge is 0.453 e. The van der Waals surface area contributed by atoms with Crippen LogP contribution in [0.5, 0.6) is 0 Å². The Bertz CT molecular complexity index is 889. The highest BCUT2D eigenvalue weighted by Crippen LogP contribution is 2.37. The molecule has 0 saturated heterocycles. The van der Waals surface area contributed by atoms with Crippen molar-refractivity contribution < 1.29 is 13.9 Å². The van der Waals surface area contributed by atoms with Crippen LogP contribution in [-0.4, -0.2) is 22.8 Å². The zero-order chi connectivity index (χ0) is 18.7. The first-order valence-corrected chi connectivity index (χ1v) is 8.44. The second-order valence-electron chi connectivity index (χ2n) is 6.38. The summed E-state index contributed by atoms with van der Waals surface area (Å²) in [5.41, 5.74) is -0.449. The average molecular weight is 361 g/mol. The number of nitrogens with zero attached hydrogens (tertiary/aromatic N) is 1. The molecule has 26 heavy (non-hydrogen) atoms. The van der Waals surface area contributed by atoms with Crippen LogP contribution in [0.1, 0.15) is 37.3 Å². The van der Waals surface area contributed by atoms with Crippen LogP contribution in [0.4, 0.5) is 14.9 Å². The molecule has 7 nitrogen and oxygen atoms in total. The van der Waals surface area contributed by atoms with Gasteiger partial charge in [-0.15, -0.1) is 0 Å². The fraction of sp³-hybridized carbons (Fsp3) is 0.389. The number of ether oxygens (including phenoxy) is 1. The molecule has 1 atom stereocenters. The first-order valence-electron chi connectivity index (χ1n) is 8.44. The van der Waals surface area contributed by atoms with Gasteiger partial charge in [-0.3, -0.25) is 14.7 Å². The number of halogens is 1. The van der Waals surface area contributed by atoms with E-state index in [4.69, 9.17) is 0 Å². The summed E-state index contributed by atoms with van der Waals surface area (Å²) in [5.74, 6) is -0.0291. The summed E-state index contributed by atoms with van der Waals surface area (Å²) in [4.78, 5) is 38.4. The molecule has 0 aliphatic heterocycles. The van der Waals surface area contributed by atoms with Crippen molar-refractivity contribution in [3.63, 3.8) is 0 Å². The molecule has 3 rings (SSSR count). The van der Waals surface area contributed by atoms with Crippen molar-refractivity contribution in [2.45, 2.75) is 31.7 Å². The molecule has 1 aliphatic carbocycles. The van der Waals surface area contributed by atoms with E-state index in [1.807, 2.05) is 0 Å². The molecule has 2 aromatic rings. The zero-order valence-electron chi connectivity index (χ0n) is 14.3. The lowest BCUT2D eigenvalue weighted by atomic mass is 9.99. The number of amides is 1. The fourth-order valence-electron chi connectivity index (χ4n) is 2.98. The van der Waals surface area contributed by atoms with Gasteiger partial charge in [0, 0.05) is 12.3 Å². The van der Waals surface area contributed by atoms with Crippen molar-refractivity contribution in [1.82, 2.24) is 9.55 Å². The van der Waals surface area contributed by atoms with Crippen molar-refractivity contribution >= 4 is 11.8 Å². The van der Waals surface area contributed by atoms with Crippen LogP contribution in [-0.2, 0) is 4.74 Å². The number of hydrogen-bond acceptors (Lipinski definition) is 4. The molecular weight excluding hydrogens is 341 g/mol. The summed E-state index contributed by atoms with van der Waals surface area (Å²) in [7, 11) is 1.18. The maximum atomic E-state index is 14.0. The molecule has 1 heterocycles. The third-order valence-electron chi connectivity index (χ3n) is 4.54. The number of anilines is 1. The molecule has 0 bridgehead atoms. The highest BCUT2D eigenvalue weighted by atomic mass is 19.1. The van der Waals surface area contributed by atoms with Crippen molar-refractivity contribution in [3.05, 3.63) is 62.7 Å². The number of carbonyl (C=O) groups is 1. The maximum Gasteiger partial charge on any atom is 0.411 e. The second-order valence-corrected chi connectivity index (χ2v) is 6.38. The molecular formula is C18H20FN3O4. The van der Waals surface area contributed by atoms with E-state index >= 15 is 0 Å². The van der Waals surface area contributed by atoms with Crippen LogP contribution in [0, 0.1) is 11.7 Å². The Morgan fingerprint density at radius 3 is 2.81 bits per heavy atom. The molecule has 1 aromatic carbocycles. The van der Waals surface area contributed by atoms with Crippen LogP contribution in [0.3, 0.4) is 0 Å². The number of methoxy groups -OCH3 is 1. The number of rotatable bonds is 6. The summed E-state index contributed by atoms with van der Waals surface area (Å²) < 4.78 is 19.6. The van der Waals surface area contributed by atoms with Crippen molar-refractivity contribution in [3.8, 4) is 0 Å². The van der Waals surface area contributed by atoms with Gasteiger partial charge in [0.1, 0.15) is 5.82 Å². The van der Waals surface area contributed by atoms with Gasteiger partial charge in [0.2, 0.25) is 0 Å². The number of hydrogen-bond donors (Lipinski definition) is 2. The molecule has 1 unspecified atom stereocenters. The van der Waals surface area contributed by atoms with Crippen LogP contribution < -0.4 is 16.6 Å². The lowest BCUT2D eigenvalue weighted by molar-refractivity contribution is 0.187. The van der Waals surface area contributed by atoms with Gasteiger partial charge >= 0.3 is 11.8 Å². The molecule has 0 spiro atoms. The molecule has 1 amide bonds. The van der Waals surface area contributed by atoms with Crippen LogP contribution in [0.15, 0.2) is 40.1 Å². The normalized spacial score (nSPS) is 14.7. The molecule has 1 saturated carbocycles. The Balaban J connectivity index is 2.01. The minimum absolute atomic E-state index is 0.0637. The van der Waals surface area contributed by atoms with Crippen molar-refractivity contribution in [2.24, 2.45) is 5.92 Å². The van der Waals surface area contributed by atoms with E-state index in [1.54, 1.807) is 0 Å². The summed E-state index contributed by atoms with van der Waals surface area (Å²) >= 11 is 0. The van der Waals surface area contributed by atoms with Crippen LogP contribution >= 0.6 is 0 Å². The topological polar surface area (TPSA) is 93.2 Å². The zero-order valence-corrected chi connectivity index (χ0v) is 14.3. The second kappa shape index (κ2) is 7.55. The molecule has 1 fully saturated rings. The van der Waals surface area contributed by atoms with Gasteiger partial charge in [0.05, 0.1) is 18.8 Å². The SMILES string of the molecule is COC(=O)Nc1cc(C(CCC2CC2)n2c(=O)cc[nH]c2=O)ccc1F. The quantitative estimate of drug-likeness (QED) is 0.827. The molecule has 8 heteroatoms. The minimum atomic E-state index is -0.801. The van der Waals surface area contributed by atoms with E-state index in [2.05, 4.69) is 15.0 Å². The van der Waals surface area contributed by atoms with Gasteiger partial charge in [-0.25, -0.2) is 14.0 Å². The predicted molar refractivity (Wildman–Crippen MR) is 93.8 cm³/mol. The number of carbonyl (C=O) groups excluding carboxylic acids is 1. The lowest BCUT2D eigenvalue weighted by Gasteiger charge is -2.20. The summed E-state index contributed by atoms with van der Waals surface area (Å²) in [5, 5.41) is 2.30. The number of benzene rings is 1. The minimum Gasteiger partial charge on any atom is -0.453 e. The summed E-state index contributed by atoms with van der Waals surface area (Å²) in [6.45, 7) is 0. The van der Waals surface area contributed by atoms with Crippen LogP contribution in [0.25, 0.3) is 0 Å². The summed E-state index contributed by atoms with van der Waals surface area (Å²) in [6, 6.07) is 4.89. The standard InChI is InChI=1S/C18H20FN3O4/c1-26-18(25)21-14-10-12(5-6-13(14)19)15(7-4-11-2-3-11)22-16(23)8-9-20-17(22)24/h5-6,8-11,15H,2-4,7H2,1H3,(H,20,24)(H,21,25). The number of nitrogens with one attached hydrogen (secondary N) is 2. The lowest BCUT2D eigenvalue weighted by Crippen LogP contribution is -2.37. The highest BCUT2D eigenvalue weighted by Gasteiger charge is 2.25. The van der Waals surface area contributed by atoms with E-state index in [9.17, 15) is 18.8 Å². The maximum absolute atomic E-state index is 14.0. The first kappa shape index (κ1) is 17.9. The third-order valence-corrected chi connectivity index (χ3v) is 4.54. The van der Waals surface area contributed by atoms with Gasteiger partial charge in [0.15, 0.2) is 0 Å². The third kappa shape index (κ3) is 4.01. The predicted octanol–water partition coefficient (Wildman–Crippen LogP) is 2.63.